The van der Waals surface area contributed by atoms with Crippen molar-refractivity contribution in [1.29, 1.82) is 0 Å². The molecule has 1 aromatic rings. The maximum Gasteiger partial charge on any atom is 0.123 e. The second-order valence-electron chi connectivity index (χ2n) is 6.69. The molecule has 0 amide bonds. The number of ether oxygens (including phenoxy) is 2. The van der Waals surface area contributed by atoms with E-state index in [0.717, 1.165) is 71.3 Å². The topological polar surface area (TPSA) is 45.8 Å². The summed E-state index contributed by atoms with van der Waals surface area (Å²) in [6.07, 6.45) is 3.50. The van der Waals surface area contributed by atoms with Crippen molar-refractivity contribution in [3.63, 3.8) is 0 Å². The van der Waals surface area contributed by atoms with Crippen molar-refractivity contribution in [1.82, 2.24) is 15.5 Å². The van der Waals surface area contributed by atoms with Crippen molar-refractivity contribution in [3.05, 3.63) is 29.8 Å². The van der Waals surface area contributed by atoms with Gasteiger partial charge in [0, 0.05) is 37.8 Å². The number of para-hydroxylation sites is 1. The third kappa shape index (κ3) is 5.74. The Hall–Kier alpha value is -1.14. The van der Waals surface area contributed by atoms with E-state index in [9.17, 15) is 0 Å². The smallest absolute Gasteiger partial charge is 0.123 e. The number of hydrogen-bond acceptors (Lipinski definition) is 5. The lowest BCUT2D eigenvalue weighted by molar-refractivity contribution is 0.0368. The quantitative estimate of drug-likeness (QED) is 0.673. The summed E-state index contributed by atoms with van der Waals surface area (Å²) >= 11 is 0. The van der Waals surface area contributed by atoms with Crippen LogP contribution in [0.2, 0.25) is 0 Å². The van der Waals surface area contributed by atoms with Crippen LogP contribution in [0.1, 0.15) is 24.8 Å². The van der Waals surface area contributed by atoms with Gasteiger partial charge < -0.3 is 20.1 Å². The van der Waals surface area contributed by atoms with Crippen LogP contribution in [0, 0.1) is 0 Å². The maximum atomic E-state index is 6.04. The van der Waals surface area contributed by atoms with Gasteiger partial charge in [0.25, 0.3) is 0 Å². The van der Waals surface area contributed by atoms with Gasteiger partial charge in [-0.15, -0.1) is 0 Å². The Balaban J connectivity index is 1.35. The van der Waals surface area contributed by atoms with E-state index in [2.05, 4.69) is 39.8 Å². The number of hydrogen-bond donors (Lipinski definition) is 2. The van der Waals surface area contributed by atoms with Crippen LogP contribution in [0.4, 0.5) is 0 Å². The molecular weight excluding hydrogens is 302 g/mol. The number of nitrogens with zero attached hydrogens (tertiary/aromatic N) is 1. The van der Waals surface area contributed by atoms with Crippen molar-refractivity contribution in [2.75, 3.05) is 52.5 Å². The monoisotopic (exact) mass is 333 g/mol. The van der Waals surface area contributed by atoms with Crippen LogP contribution in [-0.2, 0) is 11.3 Å². The van der Waals surface area contributed by atoms with Crippen molar-refractivity contribution in [2.45, 2.75) is 31.8 Å². The van der Waals surface area contributed by atoms with Gasteiger partial charge in [-0.25, -0.2) is 0 Å². The zero-order chi connectivity index (χ0) is 16.5. The van der Waals surface area contributed by atoms with E-state index in [1.54, 1.807) is 0 Å². The first-order valence-electron chi connectivity index (χ1n) is 9.37. The zero-order valence-electron chi connectivity index (χ0n) is 14.6. The van der Waals surface area contributed by atoms with Gasteiger partial charge in [-0.1, -0.05) is 18.2 Å². The van der Waals surface area contributed by atoms with Gasteiger partial charge in [-0.05, 0) is 38.4 Å². The molecule has 2 aliphatic rings. The lowest BCUT2D eigenvalue weighted by atomic mass is 10.1. The van der Waals surface area contributed by atoms with Crippen molar-refractivity contribution in [2.24, 2.45) is 0 Å². The summed E-state index contributed by atoms with van der Waals surface area (Å²) in [6.45, 7) is 8.95. The van der Waals surface area contributed by atoms with Gasteiger partial charge >= 0.3 is 0 Å². The predicted octanol–water partition coefficient (Wildman–Crippen LogP) is 1.63. The Morgan fingerprint density at radius 1 is 1.21 bits per heavy atom. The molecule has 3 rings (SSSR count). The summed E-state index contributed by atoms with van der Waals surface area (Å²) in [7, 11) is 0. The number of benzene rings is 1. The summed E-state index contributed by atoms with van der Waals surface area (Å²) in [5.41, 5.74) is 1.26. The molecule has 0 aromatic heterocycles. The molecular formula is C19H31N3O2. The standard InChI is InChI=1S/C19H31N3O2/c1-2-6-19(17(5-1)15-21-18-7-8-20-16-18)24-12-4-3-9-22-10-13-23-14-11-22/h1-2,5-6,18,20-21H,3-4,7-16H2/t18-/m0/s1. The van der Waals surface area contributed by atoms with Crippen LogP contribution in [-0.4, -0.2) is 63.5 Å². The molecule has 0 radical (unpaired) electrons. The number of unbranched alkanes of at least 4 members (excludes halogenated alkanes) is 1. The largest absolute Gasteiger partial charge is 0.493 e. The molecule has 24 heavy (non-hydrogen) atoms. The van der Waals surface area contributed by atoms with Crippen molar-refractivity contribution < 1.29 is 9.47 Å². The Bertz CT molecular complexity index is 471. The van der Waals surface area contributed by atoms with Crippen LogP contribution < -0.4 is 15.4 Å². The second-order valence-corrected chi connectivity index (χ2v) is 6.69. The molecule has 1 aromatic carbocycles. The molecule has 0 unspecified atom stereocenters. The van der Waals surface area contributed by atoms with Gasteiger partial charge in [-0.2, -0.15) is 0 Å². The minimum Gasteiger partial charge on any atom is -0.493 e. The fraction of sp³-hybridized carbons (Fsp3) is 0.684. The Labute approximate surface area is 145 Å². The lowest BCUT2D eigenvalue weighted by Gasteiger charge is -2.26. The van der Waals surface area contributed by atoms with Crippen LogP contribution in [0.25, 0.3) is 0 Å². The highest BCUT2D eigenvalue weighted by molar-refractivity contribution is 5.33. The summed E-state index contributed by atoms with van der Waals surface area (Å²) in [5, 5.41) is 7.01. The Morgan fingerprint density at radius 2 is 2.08 bits per heavy atom. The molecule has 2 N–H and O–H groups in total. The summed E-state index contributed by atoms with van der Waals surface area (Å²) < 4.78 is 11.4. The van der Waals surface area contributed by atoms with E-state index in [0.29, 0.717) is 6.04 Å². The molecule has 5 heteroatoms. The van der Waals surface area contributed by atoms with Gasteiger partial charge in [0.1, 0.15) is 5.75 Å². The maximum absolute atomic E-state index is 6.04. The van der Waals surface area contributed by atoms with Crippen LogP contribution >= 0.6 is 0 Å². The fourth-order valence-electron chi connectivity index (χ4n) is 3.32. The first-order chi connectivity index (χ1) is 11.9. The first-order valence-corrected chi connectivity index (χ1v) is 9.37. The van der Waals surface area contributed by atoms with E-state index in [1.807, 2.05) is 0 Å². The minimum atomic E-state index is 0.589. The predicted molar refractivity (Wildman–Crippen MR) is 96.5 cm³/mol. The number of nitrogens with one attached hydrogen (secondary N) is 2. The molecule has 0 saturated carbocycles. The highest BCUT2D eigenvalue weighted by Crippen LogP contribution is 2.18. The Kier molecular flexibility index (Phi) is 7.36. The second kappa shape index (κ2) is 9.99. The summed E-state index contributed by atoms with van der Waals surface area (Å²) in [4.78, 5) is 2.48. The van der Waals surface area contributed by atoms with E-state index in [1.165, 1.54) is 18.4 Å². The average Bonchev–Trinajstić information content (AvgIpc) is 3.15. The molecule has 134 valence electrons. The molecule has 5 nitrogen and oxygen atoms in total. The third-order valence-corrected chi connectivity index (χ3v) is 4.84. The van der Waals surface area contributed by atoms with Crippen LogP contribution in [0.3, 0.4) is 0 Å². The molecule has 0 bridgehead atoms. The number of rotatable bonds is 9. The highest BCUT2D eigenvalue weighted by atomic mass is 16.5. The van der Waals surface area contributed by atoms with Crippen molar-refractivity contribution in [3.8, 4) is 5.75 Å². The zero-order valence-corrected chi connectivity index (χ0v) is 14.6. The fourth-order valence-corrected chi connectivity index (χ4v) is 3.32. The average molecular weight is 333 g/mol. The molecule has 2 heterocycles. The van der Waals surface area contributed by atoms with Crippen LogP contribution in [0.5, 0.6) is 5.75 Å². The van der Waals surface area contributed by atoms with Gasteiger partial charge in [0.15, 0.2) is 0 Å². The SMILES string of the molecule is c1ccc(OCCCCN2CCOCC2)c(CN[C@H]2CCNC2)c1. The van der Waals surface area contributed by atoms with E-state index in [4.69, 9.17) is 9.47 Å². The van der Waals surface area contributed by atoms with Gasteiger partial charge in [-0.3, -0.25) is 4.90 Å². The van der Waals surface area contributed by atoms with E-state index in [-0.39, 0.29) is 0 Å². The van der Waals surface area contributed by atoms with E-state index < -0.39 is 0 Å². The third-order valence-electron chi connectivity index (χ3n) is 4.84. The minimum absolute atomic E-state index is 0.589. The Morgan fingerprint density at radius 3 is 2.92 bits per heavy atom. The van der Waals surface area contributed by atoms with E-state index >= 15 is 0 Å². The highest BCUT2D eigenvalue weighted by Gasteiger charge is 2.14. The molecule has 0 aliphatic carbocycles. The normalized spacial score (nSPS) is 21.9. The molecule has 0 spiro atoms. The molecule has 2 aliphatic heterocycles. The summed E-state index contributed by atoms with van der Waals surface area (Å²) in [5.74, 6) is 1.03. The lowest BCUT2D eigenvalue weighted by Crippen LogP contribution is -2.36. The number of morpholine rings is 1. The van der Waals surface area contributed by atoms with Crippen molar-refractivity contribution >= 4 is 0 Å². The summed E-state index contributed by atoms with van der Waals surface area (Å²) in [6, 6.07) is 9.00. The molecule has 2 fully saturated rings. The van der Waals surface area contributed by atoms with Gasteiger partial charge in [0.2, 0.25) is 0 Å². The first kappa shape index (κ1) is 17.7. The molecule has 1 atom stereocenters. The van der Waals surface area contributed by atoms with Gasteiger partial charge in [0.05, 0.1) is 19.8 Å². The van der Waals surface area contributed by atoms with Crippen LogP contribution in [0.15, 0.2) is 24.3 Å². The molecule has 2 saturated heterocycles.